The molecule has 3 heterocycles. The number of hydrogen-bond acceptors (Lipinski definition) is 6. The molecule has 2 fully saturated rings. The smallest absolute Gasteiger partial charge is 0.198 e. The summed E-state index contributed by atoms with van der Waals surface area (Å²) >= 11 is 19.1. The molecule has 0 radical (unpaired) electrons. The van der Waals surface area contributed by atoms with Gasteiger partial charge in [0.15, 0.2) is 22.4 Å². The zero-order chi connectivity index (χ0) is 21.4. The second-order valence-electron chi connectivity index (χ2n) is 8.00. The lowest BCUT2D eigenvalue weighted by molar-refractivity contribution is 0.00791. The van der Waals surface area contributed by atoms with E-state index in [1.54, 1.807) is 28.9 Å². The number of morpholine rings is 1. The van der Waals surface area contributed by atoms with E-state index in [-0.39, 0.29) is 0 Å². The van der Waals surface area contributed by atoms with Gasteiger partial charge in [-0.25, -0.2) is 9.97 Å². The molecule has 1 saturated heterocycles. The zero-order valence-electron chi connectivity index (χ0n) is 16.9. The standard InChI is InChI=1S/C21H23Cl3N6O/c22-15-2-1-3-16(23)18(15)19-27-20(21-25-12-17(24)30(21)28-19)26-13-4-6-14(7-5-13)29-8-10-31-11-9-29/h1-3,12-14H,4-11H2,(H,26,27,28). The third-order valence-electron chi connectivity index (χ3n) is 6.11. The Hall–Kier alpha value is -1.64. The fraction of sp³-hybridized carbons (Fsp3) is 0.476. The van der Waals surface area contributed by atoms with Crippen LogP contribution in [0.3, 0.4) is 0 Å². The van der Waals surface area contributed by atoms with E-state index >= 15 is 0 Å². The fourth-order valence-electron chi connectivity index (χ4n) is 4.49. The van der Waals surface area contributed by atoms with Gasteiger partial charge in [0.25, 0.3) is 0 Å². The monoisotopic (exact) mass is 480 g/mol. The molecule has 164 valence electrons. The Bertz CT molecular complexity index is 1060. The van der Waals surface area contributed by atoms with Crippen molar-refractivity contribution in [2.75, 3.05) is 31.6 Å². The molecule has 0 spiro atoms. The molecule has 1 N–H and O–H groups in total. The van der Waals surface area contributed by atoms with Crippen molar-refractivity contribution in [1.82, 2.24) is 24.5 Å². The van der Waals surface area contributed by atoms with Crippen molar-refractivity contribution >= 4 is 46.3 Å². The number of ether oxygens (including phenoxy) is 1. The minimum absolute atomic E-state index is 0.307. The maximum atomic E-state index is 6.41. The Labute approximate surface area is 195 Å². The quantitative estimate of drug-likeness (QED) is 0.577. The van der Waals surface area contributed by atoms with Crippen molar-refractivity contribution in [3.63, 3.8) is 0 Å². The molecule has 1 aliphatic heterocycles. The van der Waals surface area contributed by atoms with Crippen molar-refractivity contribution < 1.29 is 4.74 Å². The summed E-state index contributed by atoms with van der Waals surface area (Å²) in [5.74, 6) is 1.05. The van der Waals surface area contributed by atoms with E-state index in [1.807, 2.05) is 0 Å². The van der Waals surface area contributed by atoms with Gasteiger partial charge in [0.05, 0.1) is 35.0 Å². The molecule has 0 amide bonds. The number of hydrogen-bond donors (Lipinski definition) is 1. The molecule has 0 bridgehead atoms. The first-order chi connectivity index (χ1) is 15.1. The summed E-state index contributed by atoms with van der Waals surface area (Å²) < 4.78 is 7.07. The molecular formula is C21H23Cl3N6O. The van der Waals surface area contributed by atoms with Crippen molar-refractivity contribution in [2.45, 2.75) is 37.8 Å². The first-order valence-corrected chi connectivity index (χ1v) is 11.7. The van der Waals surface area contributed by atoms with Crippen LogP contribution in [0.1, 0.15) is 25.7 Å². The fourth-order valence-corrected chi connectivity index (χ4v) is 5.22. The van der Waals surface area contributed by atoms with Crippen LogP contribution in [0.2, 0.25) is 15.2 Å². The first-order valence-electron chi connectivity index (χ1n) is 10.5. The van der Waals surface area contributed by atoms with Crippen LogP contribution in [0.5, 0.6) is 0 Å². The van der Waals surface area contributed by atoms with Crippen LogP contribution in [0.4, 0.5) is 5.82 Å². The molecule has 3 aromatic rings. The predicted octanol–water partition coefficient (Wildman–Crippen LogP) is 4.81. The van der Waals surface area contributed by atoms with E-state index in [4.69, 9.17) is 44.5 Å². The molecule has 1 saturated carbocycles. The number of aromatic nitrogens is 4. The van der Waals surface area contributed by atoms with Crippen LogP contribution in [0.15, 0.2) is 24.4 Å². The summed E-state index contributed by atoms with van der Waals surface area (Å²) in [6.07, 6.45) is 6.00. The van der Waals surface area contributed by atoms with Crippen LogP contribution in [0, 0.1) is 0 Å². The van der Waals surface area contributed by atoms with Gasteiger partial charge in [-0.1, -0.05) is 40.9 Å². The van der Waals surface area contributed by atoms with Gasteiger partial charge in [-0.3, -0.25) is 4.90 Å². The average Bonchev–Trinajstić information content (AvgIpc) is 3.16. The average molecular weight is 482 g/mol. The number of anilines is 1. The van der Waals surface area contributed by atoms with Crippen molar-refractivity contribution in [2.24, 2.45) is 0 Å². The molecule has 1 aliphatic carbocycles. The maximum Gasteiger partial charge on any atom is 0.198 e. The second kappa shape index (κ2) is 9.08. The second-order valence-corrected chi connectivity index (χ2v) is 9.20. The maximum absolute atomic E-state index is 6.41. The molecule has 31 heavy (non-hydrogen) atoms. The lowest BCUT2D eigenvalue weighted by Crippen LogP contribution is -2.46. The normalized spacial score (nSPS) is 22.7. The molecule has 10 heteroatoms. The summed E-state index contributed by atoms with van der Waals surface area (Å²) in [6, 6.07) is 6.27. The molecule has 2 aliphatic rings. The largest absolute Gasteiger partial charge is 0.379 e. The third kappa shape index (κ3) is 4.34. The molecule has 7 nitrogen and oxygen atoms in total. The Morgan fingerprint density at radius 3 is 2.42 bits per heavy atom. The number of nitrogens with one attached hydrogen (secondary N) is 1. The Balaban J connectivity index is 1.40. The topological polar surface area (TPSA) is 67.6 Å². The van der Waals surface area contributed by atoms with Crippen LogP contribution in [-0.4, -0.2) is 62.9 Å². The van der Waals surface area contributed by atoms with Crippen LogP contribution in [-0.2, 0) is 4.74 Å². The van der Waals surface area contributed by atoms with Gasteiger partial charge < -0.3 is 10.1 Å². The SMILES string of the molecule is Clc1cccc(Cl)c1-c1nc(NC2CCC(N3CCOCC3)CC2)c2ncc(Cl)n2n1. The minimum atomic E-state index is 0.307. The summed E-state index contributed by atoms with van der Waals surface area (Å²) in [4.78, 5) is 11.7. The van der Waals surface area contributed by atoms with Gasteiger partial charge >= 0.3 is 0 Å². The van der Waals surface area contributed by atoms with E-state index in [1.165, 1.54) is 0 Å². The summed E-state index contributed by atoms with van der Waals surface area (Å²) in [5, 5.41) is 9.50. The number of fused-ring (bicyclic) bond motifs is 1. The highest BCUT2D eigenvalue weighted by atomic mass is 35.5. The van der Waals surface area contributed by atoms with Crippen LogP contribution in [0.25, 0.3) is 17.0 Å². The van der Waals surface area contributed by atoms with Crippen LogP contribution >= 0.6 is 34.8 Å². The Morgan fingerprint density at radius 2 is 1.71 bits per heavy atom. The molecule has 2 aromatic heterocycles. The van der Waals surface area contributed by atoms with Gasteiger partial charge in [-0.15, -0.1) is 5.10 Å². The van der Waals surface area contributed by atoms with E-state index in [2.05, 4.69) is 20.3 Å². The van der Waals surface area contributed by atoms with E-state index < -0.39 is 0 Å². The molecule has 0 atom stereocenters. The summed E-state index contributed by atoms with van der Waals surface area (Å²) in [5.41, 5.74) is 1.17. The molecule has 5 rings (SSSR count). The Morgan fingerprint density at radius 1 is 1.00 bits per heavy atom. The van der Waals surface area contributed by atoms with E-state index in [0.717, 1.165) is 52.0 Å². The van der Waals surface area contributed by atoms with Gasteiger partial charge in [-0.05, 0) is 37.8 Å². The number of nitrogens with zero attached hydrogens (tertiary/aromatic N) is 5. The van der Waals surface area contributed by atoms with Gasteiger partial charge in [-0.2, -0.15) is 4.52 Å². The summed E-state index contributed by atoms with van der Waals surface area (Å²) in [7, 11) is 0. The highest BCUT2D eigenvalue weighted by molar-refractivity contribution is 6.39. The molecular weight excluding hydrogens is 459 g/mol. The van der Waals surface area contributed by atoms with Gasteiger partial charge in [0.2, 0.25) is 0 Å². The van der Waals surface area contributed by atoms with Crippen molar-refractivity contribution in [3.05, 3.63) is 39.6 Å². The lowest BCUT2D eigenvalue weighted by atomic mass is 9.90. The van der Waals surface area contributed by atoms with Crippen molar-refractivity contribution in [1.29, 1.82) is 0 Å². The predicted molar refractivity (Wildman–Crippen MR) is 123 cm³/mol. The number of imidazole rings is 1. The highest BCUT2D eigenvalue weighted by Gasteiger charge is 2.28. The third-order valence-corrected chi connectivity index (χ3v) is 6.99. The number of rotatable bonds is 4. The molecule has 0 unspecified atom stereocenters. The Kier molecular flexibility index (Phi) is 6.21. The zero-order valence-corrected chi connectivity index (χ0v) is 19.2. The summed E-state index contributed by atoms with van der Waals surface area (Å²) in [6.45, 7) is 3.74. The van der Waals surface area contributed by atoms with Gasteiger partial charge in [0, 0.05) is 25.2 Å². The van der Waals surface area contributed by atoms with Gasteiger partial charge in [0.1, 0.15) is 0 Å². The number of halogens is 3. The van der Waals surface area contributed by atoms with E-state index in [9.17, 15) is 0 Å². The number of benzene rings is 1. The minimum Gasteiger partial charge on any atom is -0.379 e. The van der Waals surface area contributed by atoms with Crippen molar-refractivity contribution in [3.8, 4) is 11.4 Å². The lowest BCUT2D eigenvalue weighted by Gasteiger charge is -2.39. The highest BCUT2D eigenvalue weighted by Crippen LogP contribution is 2.34. The van der Waals surface area contributed by atoms with E-state index in [0.29, 0.717) is 50.1 Å². The first kappa shape index (κ1) is 21.2. The van der Waals surface area contributed by atoms with Crippen LogP contribution < -0.4 is 5.32 Å². The molecule has 1 aromatic carbocycles.